The molecule has 1 aromatic carbocycles. The van der Waals surface area contributed by atoms with Gasteiger partial charge in [-0.1, -0.05) is 40.2 Å². The van der Waals surface area contributed by atoms with E-state index in [-0.39, 0.29) is 0 Å². The van der Waals surface area contributed by atoms with Gasteiger partial charge in [0.1, 0.15) is 0 Å². The van der Waals surface area contributed by atoms with Crippen LogP contribution in [-0.2, 0) is 6.54 Å². The fraction of sp³-hybridized carbons (Fsp3) is 0.438. The molecule has 0 radical (unpaired) electrons. The zero-order valence-electron chi connectivity index (χ0n) is 11.2. The Bertz CT molecular complexity index is 563. The van der Waals surface area contributed by atoms with Crippen LogP contribution >= 0.6 is 15.9 Å². The van der Waals surface area contributed by atoms with Crippen molar-refractivity contribution in [1.29, 1.82) is 0 Å². The second-order valence-electron chi connectivity index (χ2n) is 5.63. The zero-order valence-corrected chi connectivity index (χ0v) is 12.8. The van der Waals surface area contributed by atoms with Crippen molar-refractivity contribution in [2.24, 2.45) is 5.92 Å². The van der Waals surface area contributed by atoms with E-state index < -0.39 is 0 Å². The molecule has 0 bridgehead atoms. The second kappa shape index (κ2) is 5.59. The van der Waals surface area contributed by atoms with Crippen molar-refractivity contribution in [2.45, 2.75) is 24.2 Å². The maximum atomic E-state index is 4.73. The van der Waals surface area contributed by atoms with Gasteiger partial charge in [0.15, 0.2) is 0 Å². The van der Waals surface area contributed by atoms with E-state index >= 15 is 0 Å². The minimum atomic E-state index is 0.754. The molecule has 1 fully saturated rings. The Kier molecular flexibility index (Phi) is 3.85. The maximum Gasteiger partial charge on any atom is 0.0705 e. The minimum Gasteiger partial charge on any atom is -0.300 e. The van der Waals surface area contributed by atoms with Gasteiger partial charge in [-0.2, -0.15) is 0 Å². The number of benzene rings is 1. The van der Waals surface area contributed by atoms with Crippen molar-refractivity contribution in [3.63, 3.8) is 0 Å². The maximum absolute atomic E-state index is 4.73. The predicted octanol–water partition coefficient (Wildman–Crippen LogP) is 3.84. The van der Waals surface area contributed by atoms with Crippen LogP contribution in [0.15, 0.2) is 36.4 Å². The molecule has 3 heteroatoms. The summed E-state index contributed by atoms with van der Waals surface area (Å²) in [5, 5.41) is 1.22. The fourth-order valence-corrected chi connectivity index (χ4v) is 3.84. The smallest absolute Gasteiger partial charge is 0.0705 e. The van der Waals surface area contributed by atoms with Gasteiger partial charge in [0.05, 0.1) is 11.2 Å². The SMILES string of the molecule is CN(Cc1ccc2ccccc2n1)CC1CC(Br)C1. The number of aromatic nitrogens is 1. The number of fused-ring (bicyclic) bond motifs is 1. The van der Waals surface area contributed by atoms with Gasteiger partial charge in [0, 0.05) is 23.3 Å². The van der Waals surface area contributed by atoms with E-state index in [0.29, 0.717) is 0 Å². The van der Waals surface area contributed by atoms with E-state index in [0.717, 1.165) is 28.5 Å². The number of halogens is 1. The van der Waals surface area contributed by atoms with Gasteiger partial charge < -0.3 is 4.90 Å². The number of nitrogens with zero attached hydrogens (tertiary/aromatic N) is 2. The summed E-state index contributed by atoms with van der Waals surface area (Å²) >= 11 is 3.65. The zero-order chi connectivity index (χ0) is 13.2. The van der Waals surface area contributed by atoms with Gasteiger partial charge in [0.25, 0.3) is 0 Å². The normalized spacial score (nSPS) is 22.7. The third kappa shape index (κ3) is 3.15. The Labute approximate surface area is 123 Å². The molecule has 100 valence electrons. The number of pyridine rings is 1. The van der Waals surface area contributed by atoms with Crippen LogP contribution in [0.5, 0.6) is 0 Å². The van der Waals surface area contributed by atoms with Crippen LogP contribution in [0.4, 0.5) is 0 Å². The number of para-hydroxylation sites is 1. The second-order valence-corrected chi connectivity index (χ2v) is 6.92. The average Bonchev–Trinajstić information content (AvgIpc) is 2.37. The predicted molar refractivity (Wildman–Crippen MR) is 83.5 cm³/mol. The summed E-state index contributed by atoms with van der Waals surface area (Å²) in [5.41, 5.74) is 2.26. The molecule has 0 spiro atoms. The molecule has 0 saturated heterocycles. The molecule has 1 aliphatic carbocycles. The molecule has 0 amide bonds. The van der Waals surface area contributed by atoms with Gasteiger partial charge in [-0.15, -0.1) is 0 Å². The molecule has 1 aromatic heterocycles. The number of alkyl halides is 1. The van der Waals surface area contributed by atoms with Crippen molar-refractivity contribution in [1.82, 2.24) is 9.88 Å². The van der Waals surface area contributed by atoms with E-state index in [1.807, 2.05) is 6.07 Å². The molecule has 0 atom stereocenters. The number of hydrogen-bond acceptors (Lipinski definition) is 2. The first-order chi connectivity index (χ1) is 9.20. The third-order valence-electron chi connectivity index (χ3n) is 3.84. The summed E-state index contributed by atoms with van der Waals surface area (Å²) in [6.45, 7) is 2.12. The van der Waals surface area contributed by atoms with Crippen LogP contribution in [0.1, 0.15) is 18.5 Å². The minimum absolute atomic E-state index is 0.754. The highest BCUT2D eigenvalue weighted by molar-refractivity contribution is 9.09. The lowest BCUT2D eigenvalue weighted by molar-refractivity contribution is 0.207. The average molecular weight is 319 g/mol. The standard InChI is InChI=1S/C16H19BrN2/c1-19(10-12-8-14(17)9-12)11-15-7-6-13-4-2-3-5-16(13)18-15/h2-7,12,14H,8-11H2,1H3. The number of rotatable bonds is 4. The summed E-state index contributed by atoms with van der Waals surface area (Å²) in [5.74, 6) is 0.856. The first-order valence-corrected chi connectivity index (χ1v) is 7.79. The van der Waals surface area contributed by atoms with Gasteiger partial charge in [-0.25, -0.2) is 0 Å². The summed E-state index contributed by atoms with van der Waals surface area (Å²) in [6, 6.07) is 12.6. The monoisotopic (exact) mass is 318 g/mol. The highest BCUT2D eigenvalue weighted by atomic mass is 79.9. The first-order valence-electron chi connectivity index (χ1n) is 6.88. The van der Waals surface area contributed by atoms with Gasteiger partial charge in [0.2, 0.25) is 0 Å². The molecule has 0 unspecified atom stereocenters. The summed E-state index contributed by atoms with van der Waals surface area (Å²) in [4.78, 5) is 7.87. The Morgan fingerprint density at radius 2 is 2.00 bits per heavy atom. The van der Waals surface area contributed by atoms with Crippen LogP contribution in [0.2, 0.25) is 0 Å². The van der Waals surface area contributed by atoms with Crippen LogP contribution in [0.25, 0.3) is 10.9 Å². The highest BCUT2D eigenvalue weighted by Crippen LogP contribution is 2.33. The van der Waals surface area contributed by atoms with Crippen LogP contribution in [-0.4, -0.2) is 28.3 Å². The molecule has 1 saturated carbocycles. The molecular formula is C16H19BrN2. The molecule has 2 nitrogen and oxygen atoms in total. The van der Waals surface area contributed by atoms with Crippen molar-refractivity contribution in [3.8, 4) is 0 Å². The first kappa shape index (κ1) is 13.1. The van der Waals surface area contributed by atoms with Crippen molar-refractivity contribution < 1.29 is 0 Å². The number of hydrogen-bond donors (Lipinski definition) is 0. The van der Waals surface area contributed by atoms with Crippen molar-refractivity contribution >= 4 is 26.8 Å². The molecule has 19 heavy (non-hydrogen) atoms. The molecule has 1 aliphatic rings. The largest absolute Gasteiger partial charge is 0.300 e. The van der Waals surface area contributed by atoms with E-state index in [2.05, 4.69) is 58.2 Å². The van der Waals surface area contributed by atoms with Gasteiger partial charge in [-0.3, -0.25) is 4.98 Å². The Balaban J connectivity index is 1.64. The van der Waals surface area contributed by atoms with Crippen LogP contribution < -0.4 is 0 Å². The summed E-state index contributed by atoms with van der Waals surface area (Å²) in [7, 11) is 2.19. The van der Waals surface area contributed by atoms with Crippen LogP contribution in [0, 0.1) is 5.92 Å². The molecule has 1 heterocycles. The van der Waals surface area contributed by atoms with Crippen LogP contribution in [0.3, 0.4) is 0 Å². The Hall–Kier alpha value is -0.930. The third-order valence-corrected chi connectivity index (χ3v) is 4.58. The Morgan fingerprint density at radius 3 is 2.79 bits per heavy atom. The van der Waals surface area contributed by atoms with Gasteiger partial charge >= 0.3 is 0 Å². The van der Waals surface area contributed by atoms with E-state index in [4.69, 9.17) is 4.98 Å². The highest BCUT2D eigenvalue weighted by Gasteiger charge is 2.27. The lowest BCUT2D eigenvalue weighted by atomic mass is 9.85. The molecule has 3 rings (SSSR count). The topological polar surface area (TPSA) is 16.1 Å². The van der Waals surface area contributed by atoms with Crippen molar-refractivity contribution in [3.05, 3.63) is 42.1 Å². The molecule has 0 aliphatic heterocycles. The lowest BCUT2D eigenvalue weighted by Crippen LogP contribution is -2.34. The van der Waals surface area contributed by atoms with Gasteiger partial charge in [-0.05, 0) is 37.9 Å². The molecule has 0 N–H and O–H groups in total. The van der Waals surface area contributed by atoms with E-state index in [9.17, 15) is 0 Å². The summed E-state index contributed by atoms with van der Waals surface area (Å²) < 4.78 is 0. The van der Waals surface area contributed by atoms with E-state index in [1.54, 1.807) is 0 Å². The van der Waals surface area contributed by atoms with E-state index in [1.165, 1.54) is 24.8 Å². The molecule has 2 aromatic rings. The molecular weight excluding hydrogens is 300 g/mol. The van der Waals surface area contributed by atoms with Crippen molar-refractivity contribution in [2.75, 3.05) is 13.6 Å². The summed E-state index contributed by atoms with van der Waals surface area (Å²) in [6.07, 6.45) is 2.63. The Morgan fingerprint density at radius 1 is 1.21 bits per heavy atom. The lowest BCUT2D eigenvalue weighted by Gasteiger charge is -2.34. The quantitative estimate of drug-likeness (QED) is 0.796. The fourth-order valence-electron chi connectivity index (χ4n) is 2.78.